The van der Waals surface area contributed by atoms with Gasteiger partial charge in [0, 0.05) is 27.6 Å². The van der Waals surface area contributed by atoms with Gasteiger partial charge < -0.3 is 22.3 Å². The number of aliphatic imine (C=N–C) groups is 1. The van der Waals surface area contributed by atoms with Crippen molar-refractivity contribution in [1.29, 1.82) is 0 Å². The van der Waals surface area contributed by atoms with Crippen molar-refractivity contribution in [2.75, 3.05) is 5.32 Å². The van der Waals surface area contributed by atoms with Crippen LogP contribution in [0.2, 0.25) is 0 Å². The van der Waals surface area contributed by atoms with E-state index in [4.69, 9.17) is 15.2 Å². The Morgan fingerprint density at radius 3 is 1.30 bits per heavy atom. The maximum absolute atomic E-state index is 5.38. The Hall–Kier alpha value is -8.14. The molecule has 0 saturated heterocycles. The van der Waals surface area contributed by atoms with Gasteiger partial charge in [0.05, 0.1) is 46.4 Å². The van der Waals surface area contributed by atoms with Crippen molar-refractivity contribution in [3.8, 4) is 33.9 Å². The monoisotopic (exact) mass is 1170 g/mol. The Morgan fingerprint density at radius 2 is 0.833 bits per heavy atom. The molecule has 1 atom stereocenters. The fourth-order valence-corrected chi connectivity index (χ4v) is 10.8. The average Bonchev–Trinajstić information content (AvgIpc) is 2.86. The molecular weight excluding hydrogens is 1100 g/mol. The summed E-state index contributed by atoms with van der Waals surface area (Å²) in [5.41, 5.74) is 17.0. The van der Waals surface area contributed by atoms with Crippen LogP contribution in [-0.2, 0) is 0 Å². The summed E-state index contributed by atoms with van der Waals surface area (Å²) in [6.07, 6.45) is 1.92. The summed E-state index contributed by atoms with van der Waals surface area (Å²) in [6, 6.07) is 91.5. The molecule has 0 radical (unpaired) electrons. The summed E-state index contributed by atoms with van der Waals surface area (Å²) in [5, 5.41) is 19.2. The van der Waals surface area contributed by atoms with Crippen molar-refractivity contribution in [3.05, 3.63) is 300 Å². The number of anilines is 1. The Labute approximate surface area is 524 Å². The zero-order chi connectivity index (χ0) is 57.0. The third kappa shape index (κ3) is 14.4. The van der Waals surface area contributed by atoms with Gasteiger partial charge >= 0.3 is 23.1 Å². The van der Waals surface area contributed by atoms with E-state index in [1.807, 2.05) is 42.6 Å². The molecule has 0 saturated carbocycles. The van der Waals surface area contributed by atoms with Crippen molar-refractivity contribution in [3.63, 3.8) is 0 Å². The minimum absolute atomic E-state index is 0. The number of halogens is 1. The van der Waals surface area contributed by atoms with Crippen LogP contribution in [0, 0.1) is 6.07 Å². The van der Waals surface area contributed by atoms with E-state index in [-0.39, 0.29) is 46.1 Å². The third-order valence-electron chi connectivity index (χ3n) is 15.0. The number of nitrogens with zero attached hydrogens (tertiary/aromatic N) is 5. The van der Waals surface area contributed by atoms with Crippen LogP contribution in [0.3, 0.4) is 0 Å². The molecule has 2 aromatic heterocycles. The van der Waals surface area contributed by atoms with Crippen LogP contribution in [0.15, 0.2) is 260 Å². The second kappa shape index (κ2) is 29.4. The van der Waals surface area contributed by atoms with Crippen LogP contribution in [-0.4, -0.2) is 48.8 Å². The van der Waals surface area contributed by atoms with E-state index in [0.29, 0.717) is 23.7 Å². The second-order valence-corrected chi connectivity index (χ2v) is 22.0. The van der Waals surface area contributed by atoms with Gasteiger partial charge in [-0.3, -0.25) is 4.99 Å². The van der Waals surface area contributed by atoms with Gasteiger partial charge in [-0.1, -0.05) is 256 Å². The molecule has 1 unspecified atom stereocenters. The molecule has 2 heterocycles. The Morgan fingerprint density at radius 1 is 0.429 bits per heavy atom. The predicted octanol–water partition coefficient (Wildman–Crippen LogP) is 16.9. The maximum atomic E-state index is 5.38. The molecular formula is C76H73BrMgN6. The van der Waals surface area contributed by atoms with Crippen LogP contribution in [0.25, 0.3) is 55.4 Å². The number of benzene rings is 10. The van der Waals surface area contributed by atoms with Gasteiger partial charge in [-0.15, -0.1) is 0 Å². The number of rotatable bonds is 14. The summed E-state index contributed by atoms with van der Waals surface area (Å²) in [7, 11) is 0. The van der Waals surface area contributed by atoms with Crippen LogP contribution in [0.4, 0.5) is 11.4 Å². The molecule has 0 aliphatic heterocycles. The molecule has 416 valence electrons. The van der Waals surface area contributed by atoms with Gasteiger partial charge in [-0.05, 0) is 86.5 Å². The molecule has 6 nitrogen and oxygen atoms in total. The zero-order valence-corrected chi connectivity index (χ0v) is 52.5. The van der Waals surface area contributed by atoms with Crippen molar-refractivity contribution < 1.29 is 17.0 Å². The standard InChI is InChI=1S/C38H37N3.C32H31N3.C6H5.BrH.Mg/c1-26(2)31-22-14-23-32(27(3)4)38(31)39-37(30-18-9-6-10-19-30)34-25-36(29-16-7-5-8-17-29)41(40-34)35-24-13-20-28-15-11-12-21-33(28)35;1-22(2)27-17-11-18-28(23(3)4)32(27)33-21-26-20-31(25-13-6-5-7-14-25)35(34-26)30-19-10-15-24-12-8-9-16-29(24)30;1-2-4-6-5-3-1;;/h5-27,37,39H,1-4H3;5-23H,1-4H3;1-5H;1H;/q;;-1;;+2/p-1. The molecule has 0 spiro atoms. The van der Waals surface area contributed by atoms with E-state index in [9.17, 15) is 0 Å². The van der Waals surface area contributed by atoms with E-state index >= 15 is 0 Å². The smallest absolute Gasteiger partial charge is 1.00 e. The summed E-state index contributed by atoms with van der Waals surface area (Å²) >= 11 is 0. The topological polar surface area (TPSA) is 60.0 Å². The van der Waals surface area contributed by atoms with Gasteiger partial charge in [0.25, 0.3) is 0 Å². The van der Waals surface area contributed by atoms with E-state index in [1.54, 1.807) is 0 Å². The first-order valence-corrected chi connectivity index (χ1v) is 28.8. The van der Waals surface area contributed by atoms with E-state index in [2.05, 4.69) is 295 Å². The molecule has 10 aromatic carbocycles. The molecule has 0 fully saturated rings. The number of nitrogens with one attached hydrogen (secondary N) is 1. The largest absolute Gasteiger partial charge is 2.00 e. The van der Waals surface area contributed by atoms with Crippen molar-refractivity contribution >= 4 is 62.2 Å². The van der Waals surface area contributed by atoms with Gasteiger partial charge in [0.1, 0.15) is 5.69 Å². The summed E-state index contributed by atoms with van der Waals surface area (Å²) in [6.45, 7) is 18.0. The summed E-state index contributed by atoms with van der Waals surface area (Å²) < 4.78 is 4.18. The van der Waals surface area contributed by atoms with Gasteiger partial charge in [-0.25, -0.2) is 9.36 Å². The minimum Gasteiger partial charge on any atom is -1.00 e. The molecule has 0 aliphatic rings. The average molecular weight is 1170 g/mol. The molecule has 84 heavy (non-hydrogen) atoms. The number of para-hydroxylation sites is 2. The molecule has 0 amide bonds. The maximum Gasteiger partial charge on any atom is 2.00 e. The quantitative estimate of drug-likeness (QED) is 0.0670. The van der Waals surface area contributed by atoms with Crippen LogP contribution in [0.5, 0.6) is 0 Å². The molecule has 0 bridgehead atoms. The van der Waals surface area contributed by atoms with Gasteiger partial charge in [0.2, 0.25) is 0 Å². The Kier molecular flexibility index (Phi) is 21.7. The minimum atomic E-state index is -0.132. The molecule has 12 rings (SSSR count). The van der Waals surface area contributed by atoms with E-state index in [0.717, 1.165) is 51.0 Å². The van der Waals surface area contributed by atoms with Crippen molar-refractivity contribution in [1.82, 2.24) is 19.6 Å². The molecule has 1 N–H and O–H groups in total. The summed E-state index contributed by atoms with van der Waals surface area (Å²) in [4.78, 5) is 5.02. The van der Waals surface area contributed by atoms with Crippen molar-refractivity contribution in [2.45, 2.75) is 85.1 Å². The predicted molar refractivity (Wildman–Crippen MR) is 352 cm³/mol. The Balaban J connectivity index is 0.000000196. The van der Waals surface area contributed by atoms with Crippen LogP contribution >= 0.6 is 0 Å². The van der Waals surface area contributed by atoms with Crippen molar-refractivity contribution in [2.24, 2.45) is 4.99 Å². The molecule has 12 aromatic rings. The zero-order valence-electron chi connectivity index (χ0n) is 49.5. The van der Waals surface area contributed by atoms with Gasteiger partial charge in [0.15, 0.2) is 0 Å². The first-order valence-electron chi connectivity index (χ1n) is 28.8. The molecule has 0 aliphatic carbocycles. The number of hydrogen-bond acceptors (Lipinski definition) is 4. The summed E-state index contributed by atoms with van der Waals surface area (Å²) in [5.74, 6) is 1.57. The van der Waals surface area contributed by atoms with Crippen LogP contribution < -0.4 is 22.3 Å². The normalized spacial score (nSPS) is 11.5. The number of fused-ring (bicyclic) bond motifs is 2. The Bertz CT molecular complexity index is 3950. The van der Waals surface area contributed by atoms with Gasteiger partial charge in [-0.2, -0.15) is 46.6 Å². The SMILES string of the molecule is CC(C)c1cccc(C(C)C)c1N=Cc1cc(-c2ccccc2)n(-c2cccc3ccccc23)n1.CC(C)c1cccc(C(C)C)c1NC(c1ccccc1)c1cc(-c2ccccc2)n(-c2cccc3ccccc23)n1.[Br-].[Mg+2].[c-]1ccccc1. The fourth-order valence-electron chi connectivity index (χ4n) is 10.8. The second-order valence-electron chi connectivity index (χ2n) is 22.0. The number of aromatic nitrogens is 4. The number of hydrogen-bond donors (Lipinski definition) is 1. The first kappa shape index (κ1) is 61.9. The van der Waals surface area contributed by atoms with E-state index in [1.165, 1.54) is 55.0 Å². The fraction of sp³-hybridized carbons (Fsp3) is 0.171. The van der Waals surface area contributed by atoms with Crippen LogP contribution in [0.1, 0.15) is 124 Å². The van der Waals surface area contributed by atoms with E-state index < -0.39 is 0 Å². The molecule has 8 heteroatoms. The third-order valence-corrected chi connectivity index (χ3v) is 15.0. The first-order chi connectivity index (χ1) is 40.0.